The molecule has 132 valence electrons. The van der Waals surface area contributed by atoms with Crippen molar-refractivity contribution in [3.8, 4) is 0 Å². The summed E-state index contributed by atoms with van der Waals surface area (Å²) in [4.78, 5) is 26.7. The van der Waals surface area contributed by atoms with Gasteiger partial charge >= 0.3 is 0 Å². The summed E-state index contributed by atoms with van der Waals surface area (Å²) in [5.41, 5.74) is 1.79. The molecule has 0 aliphatic heterocycles. The van der Waals surface area contributed by atoms with Crippen LogP contribution in [0.5, 0.6) is 0 Å². The van der Waals surface area contributed by atoms with Crippen LogP contribution in [-0.4, -0.2) is 23.5 Å². The van der Waals surface area contributed by atoms with Crippen molar-refractivity contribution in [3.63, 3.8) is 0 Å². The first-order chi connectivity index (χ1) is 12.6. The second-order valence-electron chi connectivity index (χ2n) is 5.74. The number of nitrogens with zero attached hydrogens (tertiary/aromatic N) is 2. The van der Waals surface area contributed by atoms with Crippen molar-refractivity contribution >= 4 is 23.3 Å². The topological polar surface area (TPSA) is 75.4 Å². The van der Waals surface area contributed by atoms with Crippen molar-refractivity contribution in [2.45, 2.75) is 13.8 Å². The van der Waals surface area contributed by atoms with E-state index in [0.29, 0.717) is 29.2 Å². The van der Waals surface area contributed by atoms with E-state index in [1.807, 2.05) is 37.3 Å². The first-order valence-corrected chi connectivity index (χ1v) is 8.30. The normalized spacial score (nSPS) is 10.4. The highest BCUT2D eigenvalue weighted by Crippen LogP contribution is 2.17. The predicted octanol–water partition coefficient (Wildman–Crippen LogP) is 3.90. The molecule has 2 amide bonds. The lowest BCUT2D eigenvalue weighted by Crippen LogP contribution is -2.30. The third-order valence-corrected chi connectivity index (χ3v) is 3.89. The molecule has 0 aliphatic rings. The van der Waals surface area contributed by atoms with E-state index in [-0.39, 0.29) is 11.8 Å². The van der Waals surface area contributed by atoms with Gasteiger partial charge in [-0.05, 0) is 50.2 Å². The van der Waals surface area contributed by atoms with Gasteiger partial charge < -0.3 is 14.7 Å². The smallest absolute Gasteiger partial charge is 0.258 e. The van der Waals surface area contributed by atoms with Gasteiger partial charge in [-0.3, -0.25) is 9.59 Å². The van der Waals surface area contributed by atoms with Gasteiger partial charge in [0.15, 0.2) is 5.82 Å². The molecule has 0 unspecified atom stereocenters. The Kier molecular flexibility index (Phi) is 5.12. The molecule has 3 aromatic rings. The SMILES string of the molecule is CCN(C(=O)c1ccc(C(=O)Nc2cc(C)on2)cc1)c1ccccc1. The van der Waals surface area contributed by atoms with Gasteiger partial charge in [0.05, 0.1) is 0 Å². The van der Waals surface area contributed by atoms with Crippen LogP contribution in [0.2, 0.25) is 0 Å². The van der Waals surface area contributed by atoms with Crippen LogP contribution >= 0.6 is 0 Å². The minimum absolute atomic E-state index is 0.113. The zero-order valence-corrected chi connectivity index (χ0v) is 14.6. The zero-order chi connectivity index (χ0) is 18.5. The predicted molar refractivity (Wildman–Crippen MR) is 99.4 cm³/mol. The van der Waals surface area contributed by atoms with Gasteiger partial charge in [0.25, 0.3) is 11.8 Å². The van der Waals surface area contributed by atoms with Crippen molar-refractivity contribution in [2.75, 3.05) is 16.8 Å². The molecule has 6 nitrogen and oxygen atoms in total. The number of carbonyl (C=O) groups excluding carboxylic acids is 2. The molecule has 0 radical (unpaired) electrons. The molecule has 6 heteroatoms. The number of hydrogen-bond donors (Lipinski definition) is 1. The maximum Gasteiger partial charge on any atom is 0.258 e. The lowest BCUT2D eigenvalue weighted by Gasteiger charge is -2.21. The number of aromatic nitrogens is 1. The Hall–Kier alpha value is -3.41. The van der Waals surface area contributed by atoms with Crippen molar-refractivity contribution in [1.29, 1.82) is 0 Å². The number of benzene rings is 2. The molecule has 2 aromatic carbocycles. The van der Waals surface area contributed by atoms with Gasteiger partial charge in [-0.15, -0.1) is 0 Å². The summed E-state index contributed by atoms with van der Waals surface area (Å²) in [6.45, 7) is 4.22. The number of rotatable bonds is 5. The van der Waals surface area contributed by atoms with Gasteiger partial charge in [0, 0.05) is 29.4 Å². The van der Waals surface area contributed by atoms with Crippen LogP contribution in [0.3, 0.4) is 0 Å². The minimum Gasteiger partial charge on any atom is -0.360 e. The van der Waals surface area contributed by atoms with Crippen LogP contribution in [0.1, 0.15) is 33.4 Å². The molecule has 0 bridgehead atoms. The molecule has 1 heterocycles. The number of hydrogen-bond acceptors (Lipinski definition) is 4. The lowest BCUT2D eigenvalue weighted by molar-refractivity contribution is 0.0984. The maximum absolute atomic E-state index is 12.8. The highest BCUT2D eigenvalue weighted by Gasteiger charge is 2.16. The van der Waals surface area contributed by atoms with E-state index in [2.05, 4.69) is 10.5 Å². The molecule has 0 saturated heterocycles. The zero-order valence-electron chi connectivity index (χ0n) is 14.6. The molecular weight excluding hydrogens is 330 g/mol. The Bertz CT molecular complexity index is 902. The van der Waals surface area contributed by atoms with Crippen LogP contribution in [0.15, 0.2) is 65.2 Å². The number of nitrogens with one attached hydrogen (secondary N) is 1. The Labute approximate surface area is 151 Å². The number of amides is 2. The van der Waals surface area contributed by atoms with E-state index in [9.17, 15) is 9.59 Å². The monoisotopic (exact) mass is 349 g/mol. The van der Waals surface area contributed by atoms with Crippen molar-refractivity contribution < 1.29 is 14.1 Å². The van der Waals surface area contributed by atoms with Gasteiger partial charge in [-0.1, -0.05) is 23.4 Å². The summed E-state index contributed by atoms with van der Waals surface area (Å²) in [7, 11) is 0. The molecule has 0 aliphatic carbocycles. The van der Waals surface area contributed by atoms with Crippen LogP contribution in [0, 0.1) is 6.92 Å². The summed E-state index contributed by atoms with van der Waals surface area (Å²) in [6.07, 6.45) is 0. The van der Waals surface area contributed by atoms with E-state index in [1.165, 1.54) is 0 Å². The molecule has 0 fully saturated rings. The van der Waals surface area contributed by atoms with E-state index < -0.39 is 0 Å². The van der Waals surface area contributed by atoms with Gasteiger partial charge in [-0.25, -0.2) is 0 Å². The maximum atomic E-state index is 12.8. The highest BCUT2D eigenvalue weighted by molar-refractivity contribution is 6.08. The fourth-order valence-electron chi connectivity index (χ4n) is 2.59. The average Bonchev–Trinajstić information content (AvgIpc) is 3.08. The van der Waals surface area contributed by atoms with Crippen LogP contribution in [0.4, 0.5) is 11.5 Å². The van der Waals surface area contributed by atoms with Crippen LogP contribution in [0.25, 0.3) is 0 Å². The summed E-state index contributed by atoms with van der Waals surface area (Å²) in [5, 5.41) is 6.38. The van der Waals surface area contributed by atoms with E-state index in [0.717, 1.165) is 5.69 Å². The molecule has 0 saturated carbocycles. The molecule has 1 N–H and O–H groups in total. The minimum atomic E-state index is -0.312. The molecule has 26 heavy (non-hydrogen) atoms. The van der Waals surface area contributed by atoms with Crippen molar-refractivity contribution in [2.24, 2.45) is 0 Å². The van der Waals surface area contributed by atoms with Crippen molar-refractivity contribution in [3.05, 3.63) is 77.6 Å². The number of aryl methyl sites for hydroxylation is 1. The largest absolute Gasteiger partial charge is 0.360 e. The second kappa shape index (κ2) is 7.65. The quantitative estimate of drug-likeness (QED) is 0.758. The third kappa shape index (κ3) is 3.80. The summed E-state index contributed by atoms with van der Waals surface area (Å²) in [6, 6.07) is 17.7. The van der Waals surface area contributed by atoms with Gasteiger partial charge in [-0.2, -0.15) is 0 Å². The molecule has 1 aromatic heterocycles. The second-order valence-corrected chi connectivity index (χ2v) is 5.74. The fraction of sp³-hybridized carbons (Fsp3) is 0.150. The standard InChI is InChI=1S/C20H19N3O3/c1-3-23(17-7-5-4-6-8-17)20(25)16-11-9-15(10-12-16)19(24)21-18-13-14(2)26-22-18/h4-13H,3H2,1-2H3,(H,21,22,24). The van der Waals surface area contributed by atoms with Gasteiger partial charge in [0.2, 0.25) is 0 Å². The Morgan fingerprint density at radius 1 is 1.04 bits per heavy atom. The van der Waals surface area contributed by atoms with Crippen molar-refractivity contribution in [1.82, 2.24) is 5.16 Å². The lowest BCUT2D eigenvalue weighted by atomic mass is 10.1. The first kappa shape index (κ1) is 17.4. The number of carbonyl (C=O) groups is 2. The van der Waals surface area contributed by atoms with Gasteiger partial charge in [0.1, 0.15) is 5.76 Å². The fourth-order valence-corrected chi connectivity index (χ4v) is 2.59. The van der Waals surface area contributed by atoms with Crippen LogP contribution in [-0.2, 0) is 0 Å². The molecular formula is C20H19N3O3. The molecule has 3 rings (SSSR count). The van der Waals surface area contributed by atoms with E-state index in [4.69, 9.17) is 4.52 Å². The Morgan fingerprint density at radius 2 is 1.69 bits per heavy atom. The van der Waals surface area contributed by atoms with E-state index >= 15 is 0 Å². The Morgan fingerprint density at radius 3 is 2.27 bits per heavy atom. The summed E-state index contributed by atoms with van der Waals surface area (Å²) in [5.74, 6) is 0.543. The molecule has 0 atom stereocenters. The first-order valence-electron chi connectivity index (χ1n) is 8.30. The third-order valence-electron chi connectivity index (χ3n) is 3.89. The Balaban J connectivity index is 1.74. The summed E-state index contributed by atoms with van der Waals surface area (Å²) < 4.78 is 4.92. The van der Waals surface area contributed by atoms with Crippen LogP contribution < -0.4 is 10.2 Å². The van der Waals surface area contributed by atoms with E-state index in [1.54, 1.807) is 42.2 Å². The molecule has 0 spiro atoms. The summed E-state index contributed by atoms with van der Waals surface area (Å²) >= 11 is 0. The average molecular weight is 349 g/mol. The highest BCUT2D eigenvalue weighted by atomic mass is 16.5. The number of anilines is 2. The number of para-hydroxylation sites is 1.